The van der Waals surface area contributed by atoms with E-state index in [1.807, 2.05) is 6.07 Å². The number of aromatic hydroxyl groups is 1. The number of amides is 1. The number of carbonyl (C=O) groups is 1. The molecule has 104 valence electrons. The Morgan fingerprint density at radius 2 is 2.37 bits per heavy atom. The van der Waals surface area contributed by atoms with E-state index in [4.69, 9.17) is 4.74 Å². The second-order valence-electron chi connectivity index (χ2n) is 4.85. The van der Waals surface area contributed by atoms with Crippen molar-refractivity contribution in [1.29, 1.82) is 0 Å². The molecule has 1 unspecified atom stereocenters. The van der Waals surface area contributed by atoms with Crippen LogP contribution in [0.4, 0.5) is 0 Å². The highest BCUT2D eigenvalue weighted by atomic mass is 16.5. The van der Waals surface area contributed by atoms with Crippen LogP contribution in [-0.2, 0) is 11.3 Å². The minimum Gasteiger partial charge on any atom is -0.504 e. The molecule has 5 nitrogen and oxygen atoms in total. The molecule has 0 saturated carbocycles. The highest BCUT2D eigenvalue weighted by Gasteiger charge is 2.24. The number of nitrogens with one attached hydrogen (secondary N) is 1. The quantitative estimate of drug-likeness (QED) is 0.855. The lowest BCUT2D eigenvalue weighted by atomic mass is 10.1. The minimum absolute atomic E-state index is 0.0585. The molecule has 1 aliphatic rings. The van der Waals surface area contributed by atoms with E-state index in [9.17, 15) is 9.90 Å². The smallest absolute Gasteiger partial charge is 0.239 e. The predicted octanol–water partition coefficient (Wildman–Crippen LogP) is 1.11. The van der Waals surface area contributed by atoms with Gasteiger partial charge in [-0.1, -0.05) is 6.07 Å². The first-order valence-electron chi connectivity index (χ1n) is 6.46. The molecule has 1 atom stereocenters. The number of rotatable bonds is 4. The number of ether oxygens (including phenoxy) is 1. The van der Waals surface area contributed by atoms with E-state index in [1.54, 1.807) is 24.1 Å². The average Bonchev–Trinajstić information content (AvgIpc) is 2.92. The Bertz CT molecular complexity index is 456. The molecule has 0 bridgehead atoms. The van der Waals surface area contributed by atoms with Crippen molar-refractivity contribution in [3.63, 3.8) is 0 Å². The highest BCUT2D eigenvalue weighted by Crippen LogP contribution is 2.26. The third kappa shape index (κ3) is 3.17. The maximum atomic E-state index is 12.1. The lowest BCUT2D eigenvalue weighted by Crippen LogP contribution is -2.41. The van der Waals surface area contributed by atoms with Crippen LogP contribution in [0.5, 0.6) is 11.5 Å². The third-order valence-electron chi connectivity index (χ3n) is 3.40. The number of hydrogen-bond donors (Lipinski definition) is 2. The molecule has 5 heteroatoms. The first-order valence-corrected chi connectivity index (χ1v) is 6.46. The topological polar surface area (TPSA) is 61.8 Å². The van der Waals surface area contributed by atoms with Gasteiger partial charge in [-0.3, -0.25) is 4.79 Å². The van der Waals surface area contributed by atoms with Crippen molar-refractivity contribution in [3.05, 3.63) is 23.8 Å². The summed E-state index contributed by atoms with van der Waals surface area (Å²) in [7, 11) is 3.29. The number of nitrogens with zero attached hydrogens (tertiary/aromatic N) is 1. The maximum Gasteiger partial charge on any atom is 0.239 e. The molecule has 0 aliphatic carbocycles. The molecular weight excluding hydrogens is 244 g/mol. The summed E-state index contributed by atoms with van der Waals surface area (Å²) in [5.41, 5.74) is 0.882. The number of hydrogen-bond acceptors (Lipinski definition) is 4. The Hall–Kier alpha value is -1.75. The summed E-state index contributed by atoms with van der Waals surface area (Å²) >= 11 is 0. The lowest BCUT2D eigenvalue weighted by Gasteiger charge is -2.21. The van der Waals surface area contributed by atoms with Gasteiger partial charge >= 0.3 is 0 Å². The van der Waals surface area contributed by atoms with Gasteiger partial charge in [0.05, 0.1) is 13.2 Å². The second kappa shape index (κ2) is 5.93. The van der Waals surface area contributed by atoms with Crippen LogP contribution in [0.3, 0.4) is 0 Å². The van der Waals surface area contributed by atoms with Gasteiger partial charge in [-0.25, -0.2) is 0 Å². The zero-order valence-electron chi connectivity index (χ0n) is 11.3. The van der Waals surface area contributed by atoms with E-state index in [2.05, 4.69) is 5.32 Å². The fourth-order valence-electron chi connectivity index (χ4n) is 2.35. The highest BCUT2D eigenvalue weighted by molar-refractivity contribution is 5.81. The first-order chi connectivity index (χ1) is 9.11. The molecule has 0 spiro atoms. The van der Waals surface area contributed by atoms with Gasteiger partial charge < -0.3 is 20.1 Å². The van der Waals surface area contributed by atoms with Crippen LogP contribution >= 0.6 is 0 Å². The molecule has 19 heavy (non-hydrogen) atoms. The van der Waals surface area contributed by atoms with Gasteiger partial charge in [-0.15, -0.1) is 0 Å². The summed E-state index contributed by atoms with van der Waals surface area (Å²) in [5.74, 6) is 0.642. The van der Waals surface area contributed by atoms with Crippen LogP contribution in [0.1, 0.15) is 18.4 Å². The van der Waals surface area contributed by atoms with E-state index in [-0.39, 0.29) is 17.7 Å². The summed E-state index contributed by atoms with van der Waals surface area (Å²) in [4.78, 5) is 13.8. The third-order valence-corrected chi connectivity index (χ3v) is 3.40. The van der Waals surface area contributed by atoms with Crippen molar-refractivity contribution < 1.29 is 14.6 Å². The number of methoxy groups -OCH3 is 1. The fraction of sp³-hybridized carbons (Fsp3) is 0.500. The lowest BCUT2D eigenvalue weighted by molar-refractivity contribution is -0.132. The Labute approximate surface area is 113 Å². The number of carbonyl (C=O) groups excluding carboxylic acids is 1. The van der Waals surface area contributed by atoms with Crippen molar-refractivity contribution in [3.8, 4) is 11.5 Å². The zero-order valence-corrected chi connectivity index (χ0v) is 11.3. The summed E-state index contributed by atoms with van der Waals surface area (Å²) in [6.07, 6.45) is 1.95. The monoisotopic (exact) mass is 264 g/mol. The van der Waals surface area contributed by atoms with E-state index in [1.165, 1.54) is 7.11 Å². The van der Waals surface area contributed by atoms with Crippen molar-refractivity contribution >= 4 is 5.91 Å². The van der Waals surface area contributed by atoms with Gasteiger partial charge in [0.25, 0.3) is 0 Å². The van der Waals surface area contributed by atoms with Gasteiger partial charge in [-0.2, -0.15) is 0 Å². The van der Waals surface area contributed by atoms with Crippen molar-refractivity contribution in [2.24, 2.45) is 0 Å². The molecule has 2 rings (SSSR count). The maximum absolute atomic E-state index is 12.1. The molecular formula is C14H20N2O3. The normalized spacial score (nSPS) is 18.3. The number of benzene rings is 1. The van der Waals surface area contributed by atoms with Gasteiger partial charge in [0.15, 0.2) is 11.5 Å². The average molecular weight is 264 g/mol. The van der Waals surface area contributed by atoms with Gasteiger partial charge in [0.2, 0.25) is 5.91 Å². The second-order valence-corrected chi connectivity index (χ2v) is 4.85. The molecule has 1 heterocycles. The summed E-state index contributed by atoms with van der Waals surface area (Å²) in [5, 5.41) is 12.9. The molecule has 2 N–H and O–H groups in total. The number of likely N-dealkylation sites (N-methyl/N-ethyl adjacent to an activating group) is 1. The predicted molar refractivity (Wildman–Crippen MR) is 72.2 cm³/mol. The Morgan fingerprint density at radius 3 is 2.95 bits per heavy atom. The van der Waals surface area contributed by atoms with Crippen molar-refractivity contribution in [2.45, 2.75) is 25.4 Å². The number of phenolic OH excluding ortho intramolecular Hbond substituents is 1. The summed E-state index contributed by atoms with van der Waals surface area (Å²) < 4.78 is 4.99. The minimum atomic E-state index is -0.0585. The van der Waals surface area contributed by atoms with E-state index >= 15 is 0 Å². The van der Waals surface area contributed by atoms with Crippen molar-refractivity contribution in [2.75, 3.05) is 20.7 Å². The van der Waals surface area contributed by atoms with Crippen LogP contribution < -0.4 is 10.1 Å². The van der Waals surface area contributed by atoms with Gasteiger partial charge in [0.1, 0.15) is 0 Å². The SMILES string of the molecule is COc1ccc(CN(C)C(=O)C2CCCN2)cc1O. The molecule has 1 amide bonds. The van der Waals surface area contributed by atoms with E-state index < -0.39 is 0 Å². The molecule has 1 saturated heterocycles. The molecule has 1 aromatic rings. The van der Waals surface area contributed by atoms with Gasteiger partial charge in [0, 0.05) is 13.6 Å². The molecule has 0 aromatic heterocycles. The Kier molecular flexibility index (Phi) is 4.27. The fourth-order valence-corrected chi connectivity index (χ4v) is 2.35. The van der Waals surface area contributed by atoms with Gasteiger partial charge in [-0.05, 0) is 37.1 Å². The Balaban J connectivity index is 1.99. The molecule has 1 fully saturated rings. The summed E-state index contributed by atoms with van der Waals surface area (Å²) in [6.45, 7) is 1.39. The largest absolute Gasteiger partial charge is 0.504 e. The molecule has 1 aromatic carbocycles. The zero-order chi connectivity index (χ0) is 13.8. The number of phenols is 1. The molecule has 1 aliphatic heterocycles. The molecule has 0 radical (unpaired) electrons. The van der Waals surface area contributed by atoms with E-state index in [0.29, 0.717) is 12.3 Å². The first kappa shape index (κ1) is 13.7. The van der Waals surface area contributed by atoms with Crippen LogP contribution in [0.25, 0.3) is 0 Å². The van der Waals surface area contributed by atoms with E-state index in [0.717, 1.165) is 24.9 Å². The van der Waals surface area contributed by atoms with Crippen LogP contribution in [0, 0.1) is 0 Å². The van der Waals surface area contributed by atoms with Crippen LogP contribution in [0.2, 0.25) is 0 Å². The standard InChI is InChI=1S/C14H20N2O3/c1-16(14(18)11-4-3-7-15-11)9-10-5-6-13(19-2)12(17)8-10/h5-6,8,11,15,17H,3-4,7,9H2,1-2H3. The Morgan fingerprint density at radius 1 is 1.58 bits per heavy atom. The van der Waals surface area contributed by atoms with Crippen LogP contribution in [0.15, 0.2) is 18.2 Å². The van der Waals surface area contributed by atoms with Crippen molar-refractivity contribution in [1.82, 2.24) is 10.2 Å². The summed E-state index contributed by atoms with van der Waals surface area (Å²) in [6, 6.07) is 5.13. The van der Waals surface area contributed by atoms with Crippen LogP contribution in [-0.4, -0.2) is 42.7 Å².